The summed E-state index contributed by atoms with van der Waals surface area (Å²) in [6, 6.07) is 105. The zero-order valence-electron chi connectivity index (χ0n) is 73.7. The van der Waals surface area contributed by atoms with E-state index in [0.29, 0.717) is 39.4 Å². The highest BCUT2D eigenvalue weighted by molar-refractivity contribution is 9.10. The van der Waals surface area contributed by atoms with Crippen molar-refractivity contribution in [1.29, 1.82) is 0 Å². The molecular weight excluding hydrogens is 1790 g/mol. The summed E-state index contributed by atoms with van der Waals surface area (Å²) in [6.07, 6.45) is 3.52. The Balaban J connectivity index is 0.000000114. The Morgan fingerprint density at radius 2 is 0.758 bits per heavy atom. The number of anilines is 9. The number of hydrogen-bond acceptors (Lipinski definition) is 20. The number of thiazole rings is 2. The predicted molar refractivity (Wildman–Crippen MR) is 548 cm³/mol. The normalized spacial score (nSPS) is 14.8. The molecule has 23 rings (SSSR count). The van der Waals surface area contributed by atoms with Gasteiger partial charge in [0.05, 0.1) is 108 Å². The molecule has 1 saturated heterocycles. The second kappa shape index (κ2) is 35.8. The molecule has 9 heterocycles. The molecule has 0 radical (unpaired) electrons. The van der Waals surface area contributed by atoms with Gasteiger partial charge in [0.1, 0.15) is 38.1 Å². The largest absolute Gasteiger partial charge is 0.494 e. The van der Waals surface area contributed by atoms with Gasteiger partial charge in [-0.25, -0.2) is 21.4 Å². The van der Waals surface area contributed by atoms with E-state index in [-0.39, 0.29) is 34.6 Å². The average molecular weight is 1880 g/mol. The van der Waals surface area contributed by atoms with Gasteiger partial charge in [0, 0.05) is 60.0 Å². The number of aromatic nitrogens is 8. The molecule has 4 aliphatic heterocycles. The number of carbonyl (C=O) groups excluding carboxylic acids is 2. The van der Waals surface area contributed by atoms with Gasteiger partial charge < -0.3 is 28.9 Å². The fourth-order valence-corrected chi connectivity index (χ4v) is 22.0. The van der Waals surface area contributed by atoms with Crippen molar-refractivity contribution in [2.24, 2.45) is 0 Å². The monoisotopic (exact) mass is 1880 g/mol. The average Bonchev–Trinajstić information content (AvgIpc) is 1.13. The first-order valence-corrected chi connectivity index (χ1v) is 47.7. The molecule has 19 aromatic rings. The second-order valence-electron chi connectivity index (χ2n) is 34.9. The molecule has 17 nitrogen and oxygen atoms in total. The van der Waals surface area contributed by atoms with E-state index in [1.54, 1.807) is 23.5 Å². The summed E-state index contributed by atoms with van der Waals surface area (Å²) in [5.41, 5.74) is 31.2. The van der Waals surface area contributed by atoms with E-state index in [1.807, 2.05) is 78.9 Å². The number of halogens is 1. The highest BCUT2D eigenvalue weighted by Gasteiger charge is 2.52. The van der Waals surface area contributed by atoms with Crippen LogP contribution < -0.4 is 20.2 Å². The van der Waals surface area contributed by atoms with Crippen LogP contribution in [-0.2, 0) is 32.1 Å². The molecule has 1 fully saturated rings. The summed E-state index contributed by atoms with van der Waals surface area (Å²) < 4.78 is 42.2. The van der Waals surface area contributed by atoms with Gasteiger partial charge in [-0.05, 0) is 233 Å². The molecule has 24 heteroatoms. The molecule has 0 spiro atoms. The van der Waals surface area contributed by atoms with Crippen molar-refractivity contribution in [2.75, 3.05) is 14.7 Å². The van der Waals surface area contributed by atoms with E-state index >= 15 is 0 Å². The Labute approximate surface area is 795 Å². The van der Waals surface area contributed by atoms with Gasteiger partial charge in [-0.3, -0.25) is 9.59 Å². The Bertz CT molecular complexity index is 7710. The van der Waals surface area contributed by atoms with Crippen molar-refractivity contribution in [1.82, 2.24) is 36.2 Å². The van der Waals surface area contributed by atoms with Crippen LogP contribution in [0, 0.1) is 13.1 Å². The maximum absolute atomic E-state index is 11.5. The quantitative estimate of drug-likeness (QED) is 0.0679. The second-order valence-corrected chi connectivity index (χ2v) is 39.5. The standard InChI is InChI=1S/C37H25N5S2.C28H21N3OS.C27H30BNO2.C9H6N2S.C7H3BrN2OS/c1-37(2)27-13-7-9-15-31(27)42(25-11-5-4-6-12-25)32-20-18-23(21-28(32)37)26-19-17-24(34-35(26)41-44-40-34)22-30(38-3)36-39-29-14-8-10-16-33(29)43-36;1-28(2)22-10-6-7-11-24(22)31(20-8-4-3-5-9-20)25-15-13-18(16-23(25)28)21-14-12-19(17-32)26-27(21)30-33-29-26;1-25(2)21-14-10-11-15-23(21)29(20-12-8-7-9-13-20)24-17-16-19(18-22(24)25)28-30-26(3,4)27(5,6)31-28;1-10-6-9-11-7-4-2-3-5-8(7)12-9;8-5-2-1-4(3-11)6-7(5)10-12-9-6/h4-22H,1-2H3;3-17H,1-2H3;7-18H,1-6H3;2-5H,6H2;1-3H. The van der Waals surface area contributed by atoms with Gasteiger partial charge in [0.2, 0.25) is 5.70 Å². The van der Waals surface area contributed by atoms with Crippen molar-refractivity contribution in [3.63, 3.8) is 0 Å². The maximum Gasteiger partial charge on any atom is 0.494 e. The first-order valence-electron chi connectivity index (χ1n) is 43.0. The van der Waals surface area contributed by atoms with Gasteiger partial charge in [0.15, 0.2) is 17.6 Å². The third-order valence-corrected chi connectivity index (χ3v) is 29.7. The summed E-state index contributed by atoms with van der Waals surface area (Å²) in [5, 5.41) is 1.62. The van der Waals surface area contributed by atoms with Gasteiger partial charge in [-0.15, -0.1) is 22.7 Å². The molecule has 0 aliphatic carbocycles. The smallest absolute Gasteiger partial charge is 0.399 e. The van der Waals surface area contributed by atoms with Crippen LogP contribution in [0.15, 0.2) is 308 Å². The van der Waals surface area contributed by atoms with E-state index in [1.165, 1.54) is 90.6 Å². The number of carbonyl (C=O) groups is 2. The van der Waals surface area contributed by atoms with E-state index in [2.05, 4.69) is 355 Å². The molecule has 0 unspecified atom stereocenters. The lowest BCUT2D eigenvalue weighted by Gasteiger charge is -2.42. The van der Waals surface area contributed by atoms with Crippen LogP contribution in [0.2, 0.25) is 0 Å². The Hall–Kier alpha value is -13.8. The van der Waals surface area contributed by atoms with Crippen LogP contribution in [-0.4, -0.2) is 67.1 Å². The number of hydrogen-bond donors (Lipinski definition) is 0. The number of para-hydroxylation sites is 8. The molecule has 0 saturated carbocycles. The topological polar surface area (TPSA) is 174 Å². The highest BCUT2D eigenvalue weighted by atomic mass is 79.9. The third-order valence-electron chi connectivity index (χ3n) is 25.4. The summed E-state index contributed by atoms with van der Waals surface area (Å²) in [4.78, 5) is 45.2. The zero-order valence-corrected chi connectivity index (χ0v) is 79.4. The van der Waals surface area contributed by atoms with Crippen molar-refractivity contribution in [3.05, 3.63) is 391 Å². The Morgan fingerprint density at radius 3 is 1.20 bits per heavy atom. The van der Waals surface area contributed by atoms with Gasteiger partial charge in [-0.1, -0.05) is 217 Å². The lowest BCUT2D eigenvalue weighted by atomic mass is 9.69. The lowest BCUT2D eigenvalue weighted by molar-refractivity contribution is 0.00578. The zero-order chi connectivity index (χ0) is 91.4. The van der Waals surface area contributed by atoms with Crippen LogP contribution in [0.4, 0.5) is 51.2 Å². The Morgan fingerprint density at radius 1 is 0.386 bits per heavy atom. The molecule has 0 amide bonds. The van der Waals surface area contributed by atoms with E-state index in [4.69, 9.17) is 31.8 Å². The fraction of sp³-hybridized carbons (Fsp3) is 0.148. The fourth-order valence-electron chi connectivity index (χ4n) is 17.9. The number of fused-ring (bicyclic) bond motifs is 11. The maximum atomic E-state index is 11.5. The van der Waals surface area contributed by atoms with Crippen LogP contribution in [0.5, 0.6) is 0 Å². The Kier molecular flexibility index (Phi) is 23.8. The lowest BCUT2D eigenvalue weighted by Crippen LogP contribution is -2.41. The molecular formula is C108H85BBrN13O4S5. The molecule has 0 bridgehead atoms. The molecule has 5 aromatic heterocycles. The number of aldehydes is 2. The van der Waals surface area contributed by atoms with E-state index < -0.39 is 0 Å². The van der Waals surface area contributed by atoms with Crippen molar-refractivity contribution < 1.29 is 18.9 Å². The van der Waals surface area contributed by atoms with Crippen LogP contribution in [0.1, 0.15) is 139 Å². The highest BCUT2D eigenvalue weighted by Crippen LogP contribution is 2.57. The van der Waals surface area contributed by atoms with Crippen molar-refractivity contribution >= 4 is 215 Å². The van der Waals surface area contributed by atoms with E-state index in [0.717, 1.165) is 138 Å². The first kappa shape index (κ1) is 87.6. The minimum atomic E-state index is -0.367. The number of rotatable bonds is 11. The molecule has 0 N–H and O–H groups in total. The first-order chi connectivity index (χ1) is 64.0. The van der Waals surface area contributed by atoms with Crippen LogP contribution in [0.25, 0.3) is 97.3 Å². The summed E-state index contributed by atoms with van der Waals surface area (Å²) in [6.45, 7) is 37.2. The van der Waals surface area contributed by atoms with Crippen LogP contribution in [0.3, 0.4) is 0 Å². The minimum absolute atomic E-state index is 0.142. The number of benzene rings is 14. The molecule has 646 valence electrons. The molecule has 4 aliphatic rings. The van der Waals surface area contributed by atoms with Crippen molar-refractivity contribution in [2.45, 2.75) is 103 Å². The van der Waals surface area contributed by atoms with Crippen molar-refractivity contribution in [3.8, 4) is 22.3 Å². The van der Waals surface area contributed by atoms with E-state index in [9.17, 15) is 9.59 Å². The van der Waals surface area contributed by atoms with Crippen LogP contribution >= 0.6 is 73.8 Å². The minimum Gasteiger partial charge on any atom is -0.399 e. The molecule has 14 aromatic carbocycles. The summed E-state index contributed by atoms with van der Waals surface area (Å²) in [7, 11) is -0.367. The molecule has 132 heavy (non-hydrogen) atoms. The van der Waals surface area contributed by atoms with Gasteiger partial charge in [0.25, 0.3) is 6.54 Å². The third kappa shape index (κ3) is 16.1. The summed E-state index contributed by atoms with van der Waals surface area (Å²) in [5.74, 6) is 0. The van der Waals surface area contributed by atoms with Gasteiger partial charge >= 0.3 is 7.12 Å². The predicted octanol–water partition coefficient (Wildman–Crippen LogP) is 28.9. The number of nitrogens with zero attached hydrogens (tertiary/aromatic N) is 13. The summed E-state index contributed by atoms with van der Waals surface area (Å²) >= 11 is 9.91. The SMILES string of the molecule is CC1(C)c2ccccc2N(c2ccccc2)c2ccc(-c3ccc(C=O)c4nsnc34)cc21.CC1(C)c2ccccc2N(c2ccccc2)c2ccc(B3OC(C)(C)C(C)(C)O3)cc21.O=Cc1ccc(Br)c2nsnc12.[C-]#[N+]C(=Cc1ccc(-c2ccc3c(c2)C(C)(C)c2ccccc2N3c2ccccc2)c2nsnc12)c1nc2ccccc2s1.[C-]#[N+]Cc1nc2ccccc2s1. The molecule has 0 atom stereocenters. The van der Waals surface area contributed by atoms with Gasteiger partial charge in [-0.2, -0.15) is 26.2 Å².